The van der Waals surface area contributed by atoms with E-state index in [0.29, 0.717) is 11.8 Å². The Bertz CT molecular complexity index is 697. The number of allylic oxidation sites excluding steroid dienone is 2. The van der Waals surface area contributed by atoms with Crippen molar-refractivity contribution in [1.82, 2.24) is 0 Å². The second kappa shape index (κ2) is 8.16. The van der Waals surface area contributed by atoms with Crippen molar-refractivity contribution < 1.29 is 0 Å². The van der Waals surface area contributed by atoms with Crippen molar-refractivity contribution in [1.29, 1.82) is 0 Å². The molecule has 0 heterocycles. The molecule has 1 aliphatic carbocycles. The summed E-state index contributed by atoms with van der Waals surface area (Å²) in [6.45, 7) is 4.58. The van der Waals surface area contributed by atoms with Crippen LogP contribution in [0.2, 0.25) is 0 Å². The largest absolute Gasteiger partial charge is 0.0815 e. The van der Waals surface area contributed by atoms with Crippen LogP contribution >= 0.6 is 15.9 Å². The summed E-state index contributed by atoms with van der Waals surface area (Å²) in [4.78, 5) is 0. The molecule has 2 aromatic rings. The van der Waals surface area contributed by atoms with E-state index in [4.69, 9.17) is 0 Å². The Labute approximate surface area is 155 Å². The van der Waals surface area contributed by atoms with E-state index in [9.17, 15) is 0 Å². The van der Waals surface area contributed by atoms with Gasteiger partial charge in [-0.3, -0.25) is 0 Å². The highest BCUT2D eigenvalue weighted by molar-refractivity contribution is 9.10. The Hall–Kier alpha value is -1.34. The molecule has 1 aliphatic rings. The Kier molecular flexibility index (Phi) is 5.94. The lowest BCUT2D eigenvalue weighted by atomic mass is 9.83. The third kappa shape index (κ3) is 4.60. The first-order valence-corrected chi connectivity index (χ1v) is 9.93. The van der Waals surface area contributed by atoms with Crippen molar-refractivity contribution in [2.75, 3.05) is 0 Å². The van der Waals surface area contributed by atoms with Crippen molar-refractivity contribution in [2.24, 2.45) is 5.92 Å². The molecule has 0 bridgehead atoms. The minimum atomic E-state index is 0.581. The lowest BCUT2D eigenvalue weighted by molar-refractivity contribution is 0.521. The molecule has 1 atom stereocenters. The first-order valence-electron chi connectivity index (χ1n) is 9.13. The fourth-order valence-corrected chi connectivity index (χ4v) is 4.26. The monoisotopic (exact) mass is 382 g/mol. The number of rotatable bonds is 5. The van der Waals surface area contributed by atoms with E-state index >= 15 is 0 Å². The second-order valence-corrected chi connectivity index (χ2v) is 8.26. The van der Waals surface area contributed by atoms with Crippen molar-refractivity contribution in [3.63, 3.8) is 0 Å². The van der Waals surface area contributed by atoms with Crippen LogP contribution < -0.4 is 0 Å². The smallest absolute Gasteiger partial charge is 0.0178 e. The maximum Gasteiger partial charge on any atom is 0.0178 e. The number of halogens is 1. The number of benzene rings is 2. The summed E-state index contributed by atoms with van der Waals surface area (Å²) < 4.78 is 1.19. The molecule has 126 valence electrons. The molecule has 0 saturated heterocycles. The Morgan fingerprint density at radius 1 is 1.08 bits per heavy atom. The summed E-state index contributed by atoms with van der Waals surface area (Å²) in [6.07, 6.45) is 8.78. The van der Waals surface area contributed by atoms with E-state index in [1.165, 1.54) is 46.8 Å². The Morgan fingerprint density at radius 3 is 2.62 bits per heavy atom. The van der Waals surface area contributed by atoms with Gasteiger partial charge in [-0.1, -0.05) is 77.8 Å². The lowest BCUT2D eigenvalue weighted by Crippen LogP contribution is -2.10. The fraction of sp³-hybridized carbons (Fsp3) is 0.391. The van der Waals surface area contributed by atoms with Gasteiger partial charge < -0.3 is 0 Å². The summed E-state index contributed by atoms with van der Waals surface area (Å²) in [6, 6.07) is 17.7. The van der Waals surface area contributed by atoms with E-state index < -0.39 is 0 Å². The van der Waals surface area contributed by atoms with Crippen LogP contribution in [0.3, 0.4) is 0 Å². The molecule has 0 amide bonds. The average Bonchev–Trinajstić information content (AvgIpc) is 2.56. The van der Waals surface area contributed by atoms with Crippen molar-refractivity contribution >= 4 is 15.9 Å². The average molecular weight is 383 g/mol. The standard InChI is InChI=1S/C23H27Br/c1-17(2)23-12-11-22(24)16-21(23)15-20-10-6-9-19(14-20)13-18-7-4-3-5-8-18/h3-5,7-8,11-12,14,16-17,19H,6,9-10,13,15H2,1-2H3. The Morgan fingerprint density at radius 2 is 1.88 bits per heavy atom. The molecule has 24 heavy (non-hydrogen) atoms. The molecule has 0 radical (unpaired) electrons. The Balaban J connectivity index is 1.76. The maximum absolute atomic E-state index is 3.65. The van der Waals surface area contributed by atoms with Gasteiger partial charge in [0.2, 0.25) is 0 Å². The molecule has 0 aliphatic heterocycles. The fourth-order valence-electron chi connectivity index (χ4n) is 3.85. The second-order valence-electron chi connectivity index (χ2n) is 7.34. The van der Waals surface area contributed by atoms with Crippen LogP contribution in [0, 0.1) is 5.92 Å². The quantitative estimate of drug-likeness (QED) is 0.484. The zero-order chi connectivity index (χ0) is 16.9. The molecule has 0 spiro atoms. The highest BCUT2D eigenvalue weighted by Crippen LogP contribution is 2.31. The molecule has 0 saturated carbocycles. The van der Waals surface area contributed by atoms with Gasteiger partial charge in [0.15, 0.2) is 0 Å². The van der Waals surface area contributed by atoms with Gasteiger partial charge in [0, 0.05) is 4.47 Å². The van der Waals surface area contributed by atoms with Gasteiger partial charge in [-0.25, -0.2) is 0 Å². The number of hydrogen-bond donors (Lipinski definition) is 0. The van der Waals surface area contributed by atoms with Crippen molar-refractivity contribution in [2.45, 2.75) is 51.9 Å². The zero-order valence-electron chi connectivity index (χ0n) is 14.8. The van der Waals surface area contributed by atoms with Gasteiger partial charge in [0.05, 0.1) is 0 Å². The van der Waals surface area contributed by atoms with Crippen molar-refractivity contribution in [3.8, 4) is 0 Å². The van der Waals surface area contributed by atoms with Gasteiger partial charge in [0.1, 0.15) is 0 Å². The van der Waals surface area contributed by atoms with Crippen LogP contribution in [-0.2, 0) is 12.8 Å². The van der Waals surface area contributed by atoms with Crippen LogP contribution in [0.1, 0.15) is 55.7 Å². The topological polar surface area (TPSA) is 0 Å². The highest BCUT2D eigenvalue weighted by atomic mass is 79.9. The summed E-state index contributed by atoms with van der Waals surface area (Å²) in [5.41, 5.74) is 6.07. The highest BCUT2D eigenvalue weighted by Gasteiger charge is 2.16. The van der Waals surface area contributed by atoms with Gasteiger partial charge in [-0.2, -0.15) is 0 Å². The summed E-state index contributed by atoms with van der Waals surface area (Å²) in [7, 11) is 0. The lowest BCUT2D eigenvalue weighted by Gasteiger charge is -2.23. The predicted molar refractivity (Wildman–Crippen MR) is 108 cm³/mol. The van der Waals surface area contributed by atoms with Crippen molar-refractivity contribution in [3.05, 3.63) is 81.3 Å². The molecule has 0 N–H and O–H groups in total. The van der Waals surface area contributed by atoms with Gasteiger partial charge in [-0.15, -0.1) is 0 Å². The molecule has 3 rings (SSSR count). The van der Waals surface area contributed by atoms with E-state index in [1.54, 1.807) is 5.57 Å². The van der Waals surface area contributed by atoms with Gasteiger partial charge in [0.25, 0.3) is 0 Å². The third-order valence-corrected chi connectivity index (χ3v) is 5.52. The van der Waals surface area contributed by atoms with Gasteiger partial charge >= 0.3 is 0 Å². The summed E-state index contributed by atoms with van der Waals surface area (Å²) in [5.74, 6) is 1.28. The molecule has 0 nitrogen and oxygen atoms in total. The first-order chi connectivity index (χ1) is 11.6. The third-order valence-electron chi connectivity index (χ3n) is 5.03. The molecule has 0 aromatic heterocycles. The number of hydrogen-bond acceptors (Lipinski definition) is 0. The van der Waals surface area contributed by atoms with Crippen LogP contribution in [-0.4, -0.2) is 0 Å². The molecule has 1 heteroatoms. The molecular weight excluding hydrogens is 356 g/mol. The van der Waals surface area contributed by atoms with Crippen LogP contribution in [0.5, 0.6) is 0 Å². The summed E-state index contributed by atoms with van der Waals surface area (Å²) >= 11 is 3.65. The maximum atomic E-state index is 3.65. The van der Waals surface area contributed by atoms with E-state index in [2.05, 4.69) is 84.4 Å². The van der Waals surface area contributed by atoms with Crippen LogP contribution in [0.4, 0.5) is 0 Å². The molecular formula is C23H27Br. The molecule has 0 fully saturated rings. The normalized spacial score (nSPS) is 17.8. The summed E-state index contributed by atoms with van der Waals surface area (Å²) in [5, 5.41) is 0. The minimum Gasteiger partial charge on any atom is -0.0815 e. The van der Waals surface area contributed by atoms with Gasteiger partial charge in [-0.05, 0) is 72.8 Å². The SMILES string of the molecule is CC(C)c1ccc(Br)cc1CC1=CC(Cc2ccccc2)CCC1. The molecule has 2 aromatic carbocycles. The minimum absolute atomic E-state index is 0.581. The van der Waals surface area contributed by atoms with Crippen LogP contribution in [0.25, 0.3) is 0 Å². The van der Waals surface area contributed by atoms with E-state index in [0.717, 1.165) is 6.42 Å². The van der Waals surface area contributed by atoms with E-state index in [1.807, 2.05) is 0 Å². The zero-order valence-corrected chi connectivity index (χ0v) is 16.4. The first kappa shape index (κ1) is 17.5. The molecule has 1 unspecified atom stereocenters. The van der Waals surface area contributed by atoms with E-state index in [-0.39, 0.29) is 0 Å². The van der Waals surface area contributed by atoms with Crippen LogP contribution in [0.15, 0.2) is 64.7 Å². The predicted octanol–water partition coefficient (Wildman–Crippen LogP) is 7.08.